The highest BCUT2D eigenvalue weighted by atomic mass is 35.5. The van der Waals surface area contributed by atoms with Crippen molar-refractivity contribution in [1.82, 2.24) is 15.0 Å². The van der Waals surface area contributed by atoms with Gasteiger partial charge in [-0.15, -0.1) is 0 Å². The molecule has 0 saturated carbocycles. The lowest BCUT2D eigenvalue weighted by Gasteiger charge is -2.36. The van der Waals surface area contributed by atoms with Crippen molar-refractivity contribution in [2.75, 3.05) is 36.0 Å². The van der Waals surface area contributed by atoms with E-state index < -0.39 is 0 Å². The Morgan fingerprint density at radius 1 is 1.05 bits per heavy atom. The molecular formula is C14H16ClN5. The minimum atomic E-state index is 0.303. The van der Waals surface area contributed by atoms with Crippen molar-refractivity contribution in [2.45, 2.75) is 6.92 Å². The molecule has 104 valence electrons. The van der Waals surface area contributed by atoms with Gasteiger partial charge in [0.05, 0.1) is 0 Å². The Morgan fingerprint density at radius 2 is 1.80 bits per heavy atom. The van der Waals surface area contributed by atoms with E-state index in [0.29, 0.717) is 5.28 Å². The van der Waals surface area contributed by atoms with E-state index in [4.69, 9.17) is 11.6 Å². The molecule has 1 fully saturated rings. The summed E-state index contributed by atoms with van der Waals surface area (Å²) in [6, 6.07) is 6.00. The van der Waals surface area contributed by atoms with Crippen LogP contribution in [0.4, 0.5) is 11.6 Å². The van der Waals surface area contributed by atoms with Gasteiger partial charge < -0.3 is 9.80 Å². The van der Waals surface area contributed by atoms with E-state index in [-0.39, 0.29) is 0 Å². The summed E-state index contributed by atoms with van der Waals surface area (Å²) < 4.78 is 0. The normalized spacial score (nSPS) is 15.5. The highest BCUT2D eigenvalue weighted by Crippen LogP contribution is 2.21. The van der Waals surface area contributed by atoms with Crippen molar-refractivity contribution >= 4 is 23.2 Å². The van der Waals surface area contributed by atoms with E-state index in [1.165, 1.54) is 0 Å². The first-order valence-corrected chi connectivity index (χ1v) is 7.02. The maximum absolute atomic E-state index is 5.89. The Morgan fingerprint density at radius 3 is 2.50 bits per heavy atom. The van der Waals surface area contributed by atoms with Crippen LogP contribution in [0.3, 0.4) is 0 Å². The SMILES string of the molecule is Cc1cnc(Cl)nc1N1CCN(c2ccccn2)CC1. The third-order valence-electron chi connectivity index (χ3n) is 3.47. The average molecular weight is 290 g/mol. The van der Waals surface area contributed by atoms with Crippen LogP contribution in [0.5, 0.6) is 0 Å². The molecule has 1 saturated heterocycles. The lowest BCUT2D eigenvalue weighted by molar-refractivity contribution is 0.639. The minimum Gasteiger partial charge on any atom is -0.353 e. The Kier molecular flexibility index (Phi) is 3.69. The van der Waals surface area contributed by atoms with Crippen LogP contribution in [0.2, 0.25) is 5.28 Å². The number of aryl methyl sites for hydroxylation is 1. The second-order valence-electron chi connectivity index (χ2n) is 4.81. The zero-order valence-electron chi connectivity index (χ0n) is 11.3. The van der Waals surface area contributed by atoms with Gasteiger partial charge in [-0.3, -0.25) is 0 Å². The topological polar surface area (TPSA) is 45.2 Å². The number of hydrogen-bond donors (Lipinski definition) is 0. The number of rotatable bonds is 2. The summed E-state index contributed by atoms with van der Waals surface area (Å²) in [5.41, 5.74) is 1.06. The maximum atomic E-state index is 5.89. The minimum absolute atomic E-state index is 0.303. The first kappa shape index (κ1) is 13.1. The molecule has 1 aliphatic heterocycles. The lowest BCUT2D eigenvalue weighted by atomic mass is 10.2. The van der Waals surface area contributed by atoms with Crippen LogP contribution in [0.1, 0.15) is 5.56 Å². The number of nitrogens with zero attached hydrogens (tertiary/aromatic N) is 5. The monoisotopic (exact) mass is 289 g/mol. The molecule has 0 aliphatic carbocycles. The molecule has 0 spiro atoms. The Balaban J connectivity index is 1.71. The van der Waals surface area contributed by atoms with Gasteiger partial charge in [0, 0.05) is 44.1 Å². The summed E-state index contributed by atoms with van der Waals surface area (Å²) in [5, 5.41) is 0.303. The fourth-order valence-corrected chi connectivity index (χ4v) is 2.55. The van der Waals surface area contributed by atoms with Gasteiger partial charge in [-0.2, -0.15) is 0 Å². The van der Waals surface area contributed by atoms with Crippen LogP contribution >= 0.6 is 11.6 Å². The summed E-state index contributed by atoms with van der Waals surface area (Å²) in [4.78, 5) is 17.3. The first-order valence-electron chi connectivity index (χ1n) is 6.64. The van der Waals surface area contributed by atoms with Gasteiger partial charge in [0.1, 0.15) is 11.6 Å². The van der Waals surface area contributed by atoms with Crippen molar-refractivity contribution in [3.05, 3.63) is 41.4 Å². The van der Waals surface area contributed by atoms with Gasteiger partial charge in [0.2, 0.25) is 5.28 Å². The fourth-order valence-electron chi connectivity index (χ4n) is 2.42. The fraction of sp³-hybridized carbons (Fsp3) is 0.357. The van der Waals surface area contributed by atoms with Crippen molar-refractivity contribution in [3.63, 3.8) is 0 Å². The molecule has 0 aromatic carbocycles. The van der Waals surface area contributed by atoms with Crippen LogP contribution in [-0.4, -0.2) is 41.1 Å². The van der Waals surface area contributed by atoms with E-state index in [2.05, 4.69) is 24.8 Å². The molecule has 1 aliphatic rings. The van der Waals surface area contributed by atoms with Crippen LogP contribution in [0.15, 0.2) is 30.6 Å². The Bertz CT molecular complexity index is 581. The van der Waals surface area contributed by atoms with E-state index in [9.17, 15) is 0 Å². The smallest absolute Gasteiger partial charge is 0.224 e. The van der Waals surface area contributed by atoms with Gasteiger partial charge in [-0.1, -0.05) is 6.07 Å². The number of pyridine rings is 1. The lowest BCUT2D eigenvalue weighted by Crippen LogP contribution is -2.47. The number of aromatic nitrogens is 3. The predicted molar refractivity (Wildman–Crippen MR) is 80.4 cm³/mol. The molecule has 20 heavy (non-hydrogen) atoms. The Hall–Kier alpha value is -1.88. The predicted octanol–water partition coefficient (Wildman–Crippen LogP) is 2.16. The molecule has 6 heteroatoms. The van der Waals surface area contributed by atoms with Gasteiger partial charge in [-0.25, -0.2) is 15.0 Å². The number of hydrogen-bond acceptors (Lipinski definition) is 5. The van der Waals surface area contributed by atoms with Crippen molar-refractivity contribution in [1.29, 1.82) is 0 Å². The molecule has 0 N–H and O–H groups in total. The average Bonchev–Trinajstić information content (AvgIpc) is 2.51. The zero-order chi connectivity index (χ0) is 13.9. The van der Waals surface area contributed by atoms with Gasteiger partial charge in [-0.05, 0) is 30.7 Å². The molecule has 5 nitrogen and oxygen atoms in total. The van der Waals surface area contributed by atoms with E-state index >= 15 is 0 Å². The standard InChI is InChI=1S/C14H16ClN5/c1-11-10-17-14(15)18-13(11)20-8-6-19(7-9-20)12-4-2-3-5-16-12/h2-5,10H,6-9H2,1H3. The molecular weight excluding hydrogens is 274 g/mol. The number of halogens is 1. The molecule has 0 bridgehead atoms. The summed E-state index contributed by atoms with van der Waals surface area (Å²) >= 11 is 5.89. The third-order valence-corrected chi connectivity index (χ3v) is 3.65. The van der Waals surface area contributed by atoms with Crippen LogP contribution in [0, 0.1) is 6.92 Å². The molecule has 0 unspecified atom stereocenters. The number of piperazine rings is 1. The highest BCUT2D eigenvalue weighted by Gasteiger charge is 2.20. The van der Waals surface area contributed by atoms with E-state index in [1.54, 1.807) is 6.20 Å². The van der Waals surface area contributed by atoms with Crippen LogP contribution in [-0.2, 0) is 0 Å². The second kappa shape index (κ2) is 5.63. The number of anilines is 2. The highest BCUT2D eigenvalue weighted by molar-refractivity contribution is 6.28. The van der Waals surface area contributed by atoms with Crippen molar-refractivity contribution < 1.29 is 0 Å². The maximum Gasteiger partial charge on any atom is 0.224 e. The third kappa shape index (κ3) is 2.67. The second-order valence-corrected chi connectivity index (χ2v) is 5.15. The molecule has 0 amide bonds. The van der Waals surface area contributed by atoms with Gasteiger partial charge >= 0.3 is 0 Å². The van der Waals surface area contributed by atoms with E-state index in [0.717, 1.165) is 43.4 Å². The Labute approximate surface area is 123 Å². The van der Waals surface area contributed by atoms with Crippen molar-refractivity contribution in [2.24, 2.45) is 0 Å². The van der Waals surface area contributed by atoms with Crippen LogP contribution < -0.4 is 9.80 Å². The summed E-state index contributed by atoms with van der Waals surface area (Å²) in [7, 11) is 0. The first-order chi connectivity index (χ1) is 9.74. The summed E-state index contributed by atoms with van der Waals surface area (Å²) in [6.45, 7) is 5.68. The molecule has 3 heterocycles. The largest absolute Gasteiger partial charge is 0.353 e. The molecule has 0 radical (unpaired) electrons. The zero-order valence-corrected chi connectivity index (χ0v) is 12.1. The van der Waals surface area contributed by atoms with E-state index in [1.807, 2.05) is 31.3 Å². The summed E-state index contributed by atoms with van der Waals surface area (Å²) in [6.07, 6.45) is 3.60. The molecule has 2 aromatic heterocycles. The summed E-state index contributed by atoms with van der Waals surface area (Å²) in [5.74, 6) is 1.97. The molecule has 2 aromatic rings. The van der Waals surface area contributed by atoms with Crippen LogP contribution in [0.25, 0.3) is 0 Å². The molecule has 3 rings (SSSR count). The van der Waals surface area contributed by atoms with Gasteiger partial charge in [0.25, 0.3) is 0 Å². The molecule has 0 atom stereocenters. The van der Waals surface area contributed by atoms with Gasteiger partial charge in [0.15, 0.2) is 0 Å². The van der Waals surface area contributed by atoms with Crippen molar-refractivity contribution in [3.8, 4) is 0 Å². The quantitative estimate of drug-likeness (QED) is 0.793.